The molecule has 1 aromatic carbocycles. The highest BCUT2D eigenvalue weighted by Gasteiger charge is 2.12. The Bertz CT molecular complexity index is 780. The van der Waals surface area contributed by atoms with Crippen LogP contribution in [0.2, 0.25) is 0 Å². The van der Waals surface area contributed by atoms with Crippen LogP contribution in [0.25, 0.3) is 10.9 Å². The molecule has 0 saturated carbocycles. The molecule has 2 aromatic heterocycles. The van der Waals surface area contributed by atoms with Crippen molar-refractivity contribution >= 4 is 33.3 Å². The molecule has 0 fully saturated rings. The zero-order valence-electron chi connectivity index (χ0n) is 10.6. The number of aromatic nitrogens is 3. The lowest BCUT2D eigenvalue weighted by Gasteiger charge is -1.96. The van der Waals surface area contributed by atoms with Gasteiger partial charge in [0.15, 0.2) is 0 Å². The number of carbonyl (C=O) groups excluding carboxylic acids is 1. The van der Waals surface area contributed by atoms with E-state index < -0.39 is 0 Å². The summed E-state index contributed by atoms with van der Waals surface area (Å²) in [6.07, 6.45) is 0.777. The lowest BCUT2D eigenvalue weighted by Crippen LogP contribution is -2.11. The zero-order valence-corrected chi connectivity index (χ0v) is 11.4. The molecule has 0 aliphatic heterocycles. The van der Waals surface area contributed by atoms with E-state index in [-0.39, 0.29) is 11.7 Å². The van der Waals surface area contributed by atoms with E-state index in [0.717, 1.165) is 11.4 Å². The first kappa shape index (κ1) is 12.7. The molecule has 0 aliphatic rings. The number of amides is 1. The molecule has 7 heteroatoms. The average molecular weight is 290 g/mol. The number of aromatic amines is 1. The number of carbonyl (C=O) groups is 1. The van der Waals surface area contributed by atoms with Crippen molar-refractivity contribution in [3.8, 4) is 0 Å². The predicted octanol–water partition coefficient (Wildman–Crippen LogP) is 2.97. The molecular weight excluding hydrogens is 279 g/mol. The number of aryl methyl sites for hydroxylation is 1. The summed E-state index contributed by atoms with van der Waals surface area (Å²) in [4.78, 5) is 15.0. The Labute approximate surface area is 117 Å². The Kier molecular flexibility index (Phi) is 3.19. The monoisotopic (exact) mass is 290 g/mol. The molecule has 0 saturated heterocycles. The molecule has 3 rings (SSSR count). The molecule has 0 unspecified atom stereocenters. The van der Waals surface area contributed by atoms with Crippen molar-refractivity contribution in [2.24, 2.45) is 0 Å². The third-order valence-corrected chi connectivity index (χ3v) is 3.80. The van der Waals surface area contributed by atoms with E-state index in [1.807, 2.05) is 6.92 Å². The normalized spacial score (nSPS) is 10.9. The number of hydrogen-bond acceptors (Lipinski definition) is 4. The number of H-pyrrole nitrogens is 1. The number of fused-ring (bicyclic) bond motifs is 1. The minimum atomic E-state index is -0.333. The molecule has 20 heavy (non-hydrogen) atoms. The van der Waals surface area contributed by atoms with Crippen molar-refractivity contribution in [1.82, 2.24) is 15.2 Å². The summed E-state index contributed by atoms with van der Waals surface area (Å²) >= 11 is 1.34. The van der Waals surface area contributed by atoms with E-state index in [0.29, 0.717) is 21.7 Å². The van der Waals surface area contributed by atoms with E-state index in [4.69, 9.17) is 0 Å². The van der Waals surface area contributed by atoms with Crippen LogP contribution in [-0.2, 0) is 6.42 Å². The van der Waals surface area contributed by atoms with Crippen LogP contribution < -0.4 is 5.32 Å². The van der Waals surface area contributed by atoms with Gasteiger partial charge in [-0.25, -0.2) is 4.39 Å². The lowest BCUT2D eigenvalue weighted by molar-refractivity contribution is 0.102. The lowest BCUT2D eigenvalue weighted by atomic mass is 10.2. The molecule has 0 spiro atoms. The van der Waals surface area contributed by atoms with Crippen LogP contribution in [0.1, 0.15) is 22.4 Å². The quantitative estimate of drug-likeness (QED) is 0.779. The van der Waals surface area contributed by atoms with Gasteiger partial charge in [0.05, 0.1) is 0 Å². The van der Waals surface area contributed by atoms with Crippen LogP contribution in [0.15, 0.2) is 24.3 Å². The zero-order chi connectivity index (χ0) is 14.1. The predicted molar refractivity (Wildman–Crippen MR) is 75.5 cm³/mol. The second kappa shape index (κ2) is 5.01. The first-order valence-corrected chi connectivity index (χ1v) is 6.89. The molecule has 2 N–H and O–H groups in total. The SMILES string of the molecule is CCc1nnc(NC(=O)c2cc3cc(F)ccc3[nH]2)s1. The summed E-state index contributed by atoms with van der Waals surface area (Å²) in [5.74, 6) is -0.652. The first-order chi connectivity index (χ1) is 9.65. The largest absolute Gasteiger partial charge is 0.351 e. The Balaban J connectivity index is 1.84. The summed E-state index contributed by atoms with van der Waals surface area (Å²) in [7, 11) is 0. The van der Waals surface area contributed by atoms with Gasteiger partial charge in [0.1, 0.15) is 16.5 Å². The Hall–Kier alpha value is -2.28. The number of halogens is 1. The summed E-state index contributed by atoms with van der Waals surface area (Å²) in [6.45, 7) is 1.97. The average Bonchev–Trinajstić information content (AvgIpc) is 3.04. The molecule has 0 aliphatic carbocycles. The van der Waals surface area contributed by atoms with E-state index in [2.05, 4.69) is 20.5 Å². The summed E-state index contributed by atoms with van der Waals surface area (Å²) in [5, 5.41) is 12.5. The van der Waals surface area contributed by atoms with Gasteiger partial charge in [0.25, 0.3) is 5.91 Å². The molecule has 0 atom stereocenters. The fourth-order valence-corrected chi connectivity index (χ4v) is 2.51. The van der Waals surface area contributed by atoms with E-state index in [1.54, 1.807) is 12.1 Å². The Morgan fingerprint density at radius 2 is 2.25 bits per heavy atom. The standard InChI is InChI=1S/C13H11FN4OS/c1-2-11-17-18-13(20-11)16-12(19)10-6-7-5-8(14)3-4-9(7)15-10/h3-6,15H,2H2,1H3,(H,16,18,19). The molecule has 2 heterocycles. The third-order valence-electron chi connectivity index (χ3n) is 2.82. The summed E-state index contributed by atoms with van der Waals surface area (Å²) in [5.41, 5.74) is 1.07. The maximum absolute atomic E-state index is 13.1. The molecule has 0 bridgehead atoms. The topological polar surface area (TPSA) is 70.7 Å². The second-order valence-electron chi connectivity index (χ2n) is 4.22. The number of anilines is 1. The second-order valence-corrected chi connectivity index (χ2v) is 5.29. The maximum Gasteiger partial charge on any atom is 0.273 e. The van der Waals surface area contributed by atoms with Crippen LogP contribution in [-0.4, -0.2) is 21.1 Å². The molecule has 1 amide bonds. The van der Waals surface area contributed by atoms with Gasteiger partial charge in [-0.1, -0.05) is 18.3 Å². The highest BCUT2D eigenvalue weighted by molar-refractivity contribution is 7.15. The van der Waals surface area contributed by atoms with Gasteiger partial charge in [0.2, 0.25) is 5.13 Å². The minimum Gasteiger partial charge on any atom is -0.351 e. The number of nitrogens with one attached hydrogen (secondary N) is 2. The number of rotatable bonds is 3. The van der Waals surface area contributed by atoms with E-state index in [1.165, 1.54) is 23.5 Å². The fourth-order valence-electron chi connectivity index (χ4n) is 1.84. The first-order valence-electron chi connectivity index (χ1n) is 6.07. The van der Waals surface area contributed by atoms with Crippen LogP contribution in [0, 0.1) is 5.82 Å². The molecule has 3 aromatic rings. The smallest absolute Gasteiger partial charge is 0.273 e. The van der Waals surface area contributed by atoms with Crippen LogP contribution in [0.5, 0.6) is 0 Å². The summed E-state index contributed by atoms with van der Waals surface area (Å²) in [6, 6.07) is 5.93. The van der Waals surface area contributed by atoms with Crippen molar-refractivity contribution in [2.45, 2.75) is 13.3 Å². The van der Waals surface area contributed by atoms with Crippen LogP contribution in [0.4, 0.5) is 9.52 Å². The van der Waals surface area contributed by atoms with Crippen molar-refractivity contribution in [3.05, 3.63) is 40.8 Å². The Morgan fingerprint density at radius 1 is 1.40 bits per heavy atom. The van der Waals surface area contributed by atoms with Crippen molar-refractivity contribution in [1.29, 1.82) is 0 Å². The number of hydrogen-bond donors (Lipinski definition) is 2. The number of nitrogens with zero attached hydrogens (tertiary/aromatic N) is 2. The molecular formula is C13H11FN4OS. The Morgan fingerprint density at radius 3 is 3.00 bits per heavy atom. The van der Waals surface area contributed by atoms with Crippen molar-refractivity contribution < 1.29 is 9.18 Å². The van der Waals surface area contributed by atoms with Crippen molar-refractivity contribution in [2.75, 3.05) is 5.32 Å². The summed E-state index contributed by atoms with van der Waals surface area (Å²) < 4.78 is 13.1. The highest BCUT2D eigenvalue weighted by Crippen LogP contribution is 2.19. The third kappa shape index (κ3) is 2.39. The van der Waals surface area contributed by atoms with Gasteiger partial charge < -0.3 is 4.98 Å². The van der Waals surface area contributed by atoms with Crippen LogP contribution >= 0.6 is 11.3 Å². The van der Waals surface area contributed by atoms with Gasteiger partial charge in [-0.2, -0.15) is 0 Å². The molecule has 0 radical (unpaired) electrons. The van der Waals surface area contributed by atoms with Crippen molar-refractivity contribution in [3.63, 3.8) is 0 Å². The minimum absolute atomic E-state index is 0.319. The van der Waals surface area contributed by atoms with E-state index in [9.17, 15) is 9.18 Å². The maximum atomic E-state index is 13.1. The van der Waals surface area contributed by atoms with Gasteiger partial charge in [-0.15, -0.1) is 10.2 Å². The number of benzene rings is 1. The van der Waals surface area contributed by atoms with Crippen LogP contribution in [0.3, 0.4) is 0 Å². The fraction of sp³-hybridized carbons (Fsp3) is 0.154. The van der Waals surface area contributed by atoms with Gasteiger partial charge in [-0.3, -0.25) is 10.1 Å². The van der Waals surface area contributed by atoms with Gasteiger partial charge in [0, 0.05) is 10.9 Å². The highest BCUT2D eigenvalue weighted by atomic mass is 32.1. The molecule has 5 nitrogen and oxygen atoms in total. The van der Waals surface area contributed by atoms with Gasteiger partial charge in [-0.05, 0) is 30.7 Å². The van der Waals surface area contributed by atoms with E-state index >= 15 is 0 Å². The van der Waals surface area contributed by atoms with Gasteiger partial charge >= 0.3 is 0 Å². The molecule has 102 valence electrons.